The van der Waals surface area contributed by atoms with Crippen LogP contribution in [0.3, 0.4) is 0 Å². The number of amides is 1. The van der Waals surface area contributed by atoms with Gasteiger partial charge < -0.3 is 15.0 Å². The number of hydrogen-bond donors (Lipinski definition) is 2. The smallest absolute Gasteiger partial charge is 0.253 e. The van der Waals surface area contributed by atoms with E-state index in [1.807, 2.05) is 44.2 Å². The van der Waals surface area contributed by atoms with Crippen molar-refractivity contribution in [2.45, 2.75) is 20.3 Å². The highest BCUT2D eigenvalue weighted by Gasteiger charge is 2.18. The van der Waals surface area contributed by atoms with Gasteiger partial charge in [-0.15, -0.1) is 0 Å². The maximum Gasteiger partial charge on any atom is 0.253 e. The minimum atomic E-state index is -0.105. The first kappa shape index (κ1) is 15.1. The van der Waals surface area contributed by atoms with Crippen LogP contribution in [0.2, 0.25) is 0 Å². The number of fused-ring (bicyclic) bond motifs is 1. The lowest BCUT2D eigenvalue weighted by Gasteiger charge is -2.11. The van der Waals surface area contributed by atoms with Crippen molar-refractivity contribution in [2.24, 2.45) is 0 Å². The van der Waals surface area contributed by atoms with E-state index in [0.717, 1.165) is 23.1 Å². The summed E-state index contributed by atoms with van der Waals surface area (Å²) in [7, 11) is 0. The summed E-state index contributed by atoms with van der Waals surface area (Å²) in [4.78, 5) is 19.7. The molecule has 0 spiro atoms. The number of ether oxygens (including phenoxy) is 1. The molecule has 23 heavy (non-hydrogen) atoms. The Bertz CT molecular complexity index is 825. The molecule has 0 aliphatic carbocycles. The van der Waals surface area contributed by atoms with Crippen molar-refractivity contribution >= 4 is 16.9 Å². The Labute approximate surface area is 134 Å². The van der Waals surface area contributed by atoms with Crippen molar-refractivity contribution in [3.63, 3.8) is 0 Å². The Morgan fingerprint density at radius 3 is 2.74 bits per heavy atom. The monoisotopic (exact) mass is 309 g/mol. The van der Waals surface area contributed by atoms with E-state index < -0.39 is 0 Å². The van der Waals surface area contributed by atoms with E-state index in [2.05, 4.69) is 15.3 Å². The van der Waals surface area contributed by atoms with Crippen LogP contribution in [0.25, 0.3) is 11.0 Å². The van der Waals surface area contributed by atoms with Crippen LogP contribution in [0.5, 0.6) is 11.5 Å². The number of aromatic amines is 1. The molecule has 5 nitrogen and oxygen atoms in total. The zero-order chi connectivity index (χ0) is 16.2. The van der Waals surface area contributed by atoms with Gasteiger partial charge >= 0.3 is 0 Å². The van der Waals surface area contributed by atoms with Gasteiger partial charge in [-0.25, -0.2) is 4.98 Å². The maximum atomic E-state index is 12.3. The standard InChI is InChI=1S/C18H19N3O2/c1-3-13-15(23-12-8-6-5-7-9-12)11-21-17-16(13)14(10-20-17)18(22)19-4-2/h5-11H,3-4H2,1-2H3,(H,19,22)(H,20,21). The third-order valence-electron chi connectivity index (χ3n) is 3.68. The summed E-state index contributed by atoms with van der Waals surface area (Å²) in [6.45, 7) is 4.53. The predicted molar refractivity (Wildman–Crippen MR) is 90.0 cm³/mol. The number of carbonyl (C=O) groups is 1. The molecular weight excluding hydrogens is 290 g/mol. The van der Waals surface area contributed by atoms with Crippen LogP contribution in [0.4, 0.5) is 0 Å². The summed E-state index contributed by atoms with van der Waals surface area (Å²) in [5, 5.41) is 3.66. The molecule has 2 N–H and O–H groups in total. The average Bonchev–Trinajstić information content (AvgIpc) is 3.00. The lowest BCUT2D eigenvalue weighted by Crippen LogP contribution is -2.22. The van der Waals surface area contributed by atoms with Crippen molar-refractivity contribution in [2.75, 3.05) is 6.54 Å². The van der Waals surface area contributed by atoms with Crippen LogP contribution in [-0.4, -0.2) is 22.4 Å². The Hall–Kier alpha value is -2.82. The van der Waals surface area contributed by atoms with Crippen LogP contribution in [0, 0.1) is 0 Å². The zero-order valence-electron chi connectivity index (χ0n) is 13.2. The van der Waals surface area contributed by atoms with Crippen LogP contribution < -0.4 is 10.1 Å². The van der Waals surface area contributed by atoms with Crippen molar-refractivity contribution in [3.8, 4) is 11.5 Å². The number of pyridine rings is 1. The fraction of sp³-hybridized carbons (Fsp3) is 0.222. The highest BCUT2D eigenvalue weighted by molar-refractivity contribution is 6.07. The molecule has 0 saturated heterocycles. The second kappa shape index (κ2) is 6.52. The maximum absolute atomic E-state index is 12.3. The summed E-state index contributed by atoms with van der Waals surface area (Å²) in [5.74, 6) is 1.32. The number of nitrogens with zero attached hydrogens (tertiary/aromatic N) is 1. The van der Waals surface area contributed by atoms with Crippen LogP contribution in [-0.2, 0) is 6.42 Å². The Balaban J connectivity index is 2.09. The molecule has 1 amide bonds. The highest BCUT2D eigenvalue weighted by atomic mass is 16.5. The van der Waals surface area contributed by atoms with Gasteiger partial charge in [0.2, 0.25) is 0 Å². The molecule has 0 bridgehead atoms. The molecule has 118 valence electrons. The van der Waals surface area contributed by atoms with Gasteiger partial charge in [0.25, 0.3) is 5.91 Å². The normalized spacial score (nSPS) is 10.7. The van der Waals surface area contributed by atoms with E-state index in [-0.39, 0.29) is 5.91 Å². The minimum absolute atomic E-state index is 0.105. The Morgan fingerprint density at radius 2 is 2.04 bits per heavy atom. The highest BCUT2D eigenvalue weighted by Crippen LogP contribution is 2.32. The van der Waals surface area contributed by atoms with Crippen molar-refractivity contribution in [1.29, 1.82) is 0 Å². The van der Waals surface area contributed by atoms with E-state index in [1.165, 1.54) is 0 Å². The van der Waals surface area contributed by atoms with Gasteiger partial charge in [-0.3, -0.25) is 4.79 Å². The summed E-state index contributed by atoms with van der Waals surface area (Å²) < 4.78 is 5.96. The number of carbonyl (C=O) groups excluding carboxylic acids is 1. The number of benzene rings is 1. The quantitative estimate of drug-likeness (QED) is 0.755. The third-order valence-corrected chi connectivity index (χ3v) is 3.68. The predicted octanol–water partition coefficient (Wildman–Crippen LogP) is 3.67. The van der Waals surface area contributed by atoms with Gasteiger partial charge in [-0.2, -0.15) is 0 Å². The first-order valence-corrected chi connectivity index (χ1v) is 7.74. The molecule has 3 rings (SSSR count). The van der Waals surface area contributed by atoms with Crippen molar-refractivity contribution in [1.82, 2.24) is 15.3 Å². The summed E-state index contributed by atoms with van der Waals surface area (Å²) in [6, 6.07) is 9.57. The molecule has 0 fully saturated rings. The lowest BCUT2D eigenvalue weighted by atomic mass is 10.1. The van der Waals surface area contributed by atoms with E-state index in [9.17, 15) is 4.79 Å². The van der Waals surface area contributed by atoms with Gasteiger partial charge in [-0.1, -0.05) is 25.1 Å². The largest absolute Gasteiger partial charge is 0.455 e. The van der Waals surface area contributed by atoms with Crippen molar-refractivity contribution < 1.29 is 9.53 Å². The van der Waals surface area contributed by atoms with Gasteiger partial charge in [0.15, 0.2) is 0 Å². The average molecular weight is 309 g/mol. The number of hydrogen-bond acceptors (Lipinski definition) is 3. The van der Waals surface area contributed by atoms with Crippen LogP contribution in [0.1, 0.15) is 29.8 Å². The molecule has 0 radical (unpaired) electrons. The third kappa shape index (κ3) is 2.90. The first-order chi connectivity index (χ1) is 11.2. The molecule has 0 aliphatic rings. The van der Waals surface area contributed by atoms with Crippen LogP contribution >= 0.6 is 0 Å². The SMILES string of the molecule is CCNC(=O)c1c[nH]c2ncc(Oc3ccccc3)c(CC)c12. The molecule has 3 aromatic rings. The number of nitrogens with one attached hydrogen (secondary N) is 2. The van der Waals surface area contributed by atoms with E-state index in [4.69, 9.17) is 4.74 Å². The molecule has 0 saturated carbocycles. The molecule has 0 unspecified atom stereocenters. The number of aromatic nitrogens is 2. The number of aryl methyl sites for hydroxylation is 1. The molecular formula is C18H19N3O2. The zero-order valence-corrected chi connectivity index (χ0v) is 13.2. The summed E-state index contributed by atoms with van der Waals surface area (Å²) >= 11 is 0. The van der Waals surface area contributed by atoms with Gasteiger partial charge in [-0.05, 0) is 25.5 Å². The first-order valence-electron chi connectivity index (χ1n) is 7.74. The fourth-order valence-corrected chi connectivity index (χ4v) is 2.63. The molecule has 2 heterocycles. The van der Waals surface area contributed by atoms with Crippen LogP contribution in [0.15, 0.2) is 42.7 Å². The molecule has 2 aromatic heterocycles. The molecule has 0 atom stereocenters. The number of H-pyrrole nitrogens is 1. The van der Waals surface area contributed by atoms with Crippen molar-refractivity contribution in [3.05, 3.63) is 53.9 Å². The second-order valence-corrected chi connectivity index (χ2v) is 5.16. The Kier molecular flexibility index (Phi) is 4.28. The number of para-hydroxylation sites is 1. The molecule has 0 aliphatic heterocycles. The van der Waals surface area contributed by atoms with E-state index in [1.54, 1.807) is 12.4 Å². The van der Waals surface area contributed by atoms with Gasteiger partial charge in [0, 0.05) is 23.7 Å². The number of rotatable bonds is 5. The summed E-state index contributed by atoms with van der Waals surface area (Å²) in [5.41, 5.74) is 2.27. The molecule has 1 aromatic carbocycles. The van der Waals surface area contributed by atoms with Gasteiger partial charge in [0.05, 0.1) is 11.8 Å². The lowest BCUT2D eigenvalue weighted by molar-refractivity contribution is 0.0957. The topological polar surface area (TPSA) is 67.0 Å². The van der Waals surface area contributed by atoms with E-state index in [0.29, 0.717) is 23.5 Å². The second-order valence-electron chi connectivity index (χ2n) is 5.16. The van der Waals surface area contributed by atoms with Gasteiger partial charge in [0.1, 0.15) is 17.1 Å². The fourth-order valence-electron chi connectivity index (χ4n) is 2.63. The minimum Gasteiger partial charge on any atom is -0.455 e. The van der Waals surface area contributed by atoms with E-state index >= 15 is 0 Å². The molecule has 5 heteroatoms. The summed E-state index contributed by atoms with van der Waals surface area (Å²) in [6.07, 6.45) is 4.14. The Morgan fingerprint density at radius 1 is 1.26 bits per heavy atom.